The minimum absolute atomic E-state index is 0.116. The molecule has 1 unspecified atom stereocenters. The number of halogens is 1. The van der Waals surface area contributed by atoms with E-state index in [9.17, 15) is 0 Å². The molecule has 2 aromatic heterocycles. The van der Waals surface area contributed by atoms with Gasteiger partial charge in [-0.3, -0.25) is 9.67 Å². The third-order valence-electron chi connectivity index (χ3n) is 2.55. The third kappa shape index (κ3) is 2.89. The first-order chi connectivity index (χ1) is 8.20. The normalized spacial score (nSPS) is 12.6. The molecule has 0 saturated heterocycles. The van der Waals surface area contributed by atoms with E-state index in [0.717, 1.165) is 22.4 Å². The van der Waals surface area contributed by atoms with Crippen LogP contribution in [-0.2, 0) is 13.0 Å². The predicted octanol–water partition coefficient (Wildman–Crippen LogP) is 1.70. The highest BCUT2D eigenvalue weighted by Crippen LogP contribution is 2.17. The predicted molar refractivity (Wildman–Crippen MR) is 68.3 cm³/mol. The summed E-state index contributed by atoms with van der Waals surface area (Å²) in [5.74, 6) is 0.903. The molecular weight excluding hydrogens is 282 g/mol. The van der Waals surface area contributed by atoms with Gasteiger partial charge in [-0.1, -0.05) is 0 Å². The summed E-state index contributed by atoms with van der Waals surface area (Å²) in [5.41, 5.74) is 7.13. The summed E-state index contributed by atoms with van der Waals surface area (Å²) in [6.45, 7) is 2.84. The Labute approximate surface area is 108 Å². The van der Waals surface area contributed by atoms with Crippen LogP contribution in [0.1, 0.15) is 24.4 Å². The SMILES string of the molecule is CCn1ncnc1CC(N)c1cncc(Br)c1. The van der Waals surface area contributed by atoms with E-state index in [2.05, 4.69) is 31.0 Å². The molecule has 2 N–H and O–H groups in total. The fourth-order valence-electron chi connectivity index (χ4n) is 1.66. The van der Waals surface area contributed by atoms with Crippen LogP contribution in [0.2, 0.25) is 0 Å². The monoisotopic (exact) mass is 295 g/mol. The van der Waals surface area contributed by atoms with Gasteiger partial charge in [0.25, 0.3) is 0 Å². The van der Waals surface area contributed by atoms with Crippen molar-refractivity contribution in [3.8, 4) is 0 Å². The van der Waals surface area contributed by atoms with Gasteiger partial charge in [-0.25, -0.2) is 4.98 Å². The standard InChI is InChI=1S/C11H14BrN5/c1-2-17-11(15-7-16-17)4-10(13)8-3-9(12)6-14-5-8/h3,5-7,10H,2,4,13H2,1H3. The third-order valence-corrected chi connectivity index (χ3v) is 2.99. The quantitative estimate of drug-likeness (QED) is 0.932. The van der Waals surface area contributed by atoms with E-state index in [-0.39, 0.29) is 6.04 Å². The molecule has 2 heterocycles. The van der Waals surface area contributed by atoms with Crippen LogP contribution in [0.5, 0.6) is 0 Å². The fraction of sp³-hybridized carbons (Fsp3) is 0.364. The van der Waals surface area contributed by atoms with Gasteiger partial charge >= 0.3 is 0 Å². The highest BCUT2D eigenvalue weighted by atomic mass is 79.9. The fourth-order valence-corrected chi connectivity index (χ4v) is 2.04. The summed E-state index contributed by atoms with van der Waals surface area (Å²) in [7, 11) is 0. The number of aryl methyl sites for hydroxylation is 1. The van der Waals surface area contributed by atoms with Crippen LogP contribution in [0.25, 0.3) is 0 Å². The number of rotatable bonds is 4. The molecule has 6 heteroatoms. The van der Waals surface area contributed by atoms with Crippen molar-refractivity contribution in [3.63, 3.8) is 0 Å². The largest absolute Gasteiger partial charge is 0.324 e. The molecule has 17 heavy (non-hydrogen) atoms. The van der Waals surface area contributed by atoms with Gasteiger partial charge < -0.3 is 5.73 Å². The molecule has 1 atom stereocenters. The first kappa shape index (κ1) is 12.2. The zero-order valence-corrected chi connectivity index (χ0v) is 11.1. The molecule has 0 fully saturated rings. The van der Waals surface area contributed by atoms with Crippen LogP contribution in [0.15, 0.2) is 29.3 Å². The topological polar surface area (TPSA) is 69.6 Å². The lowest BCUT2D eigenvalue weighted by molar-refractivity contribution is 0.580. The molecule has 90 valence electrons. The van der Waals surface area contributed by atoms with Crippen LogP contribution in [0, 0.1) is 0 Å². The van der Waals surface area contributed by atoms with Gasteiger partial charge in [0.15, 0.2) is 0 Å². The van der Waals surface area contributed by atoms with Crippen LogP contribution in [0.4, 0.5) is 0 Å². The first-order valence-electron chi connectivity index (χ1n) is 5.43. The number of nitrogens with two attached hydrogens (primary N) is 1. The van der Waals surface area contributed by atoms with Gasteiger partial charge in [-0.2, -0.15) is 5.10 Å². The van der Waals surface area contributed by atoms with E-state index in [1.165, 1.54) is 0 Å². The lowest BCUT2D eigenvalue weighted by Crippen LogP contribution is -2.17. The lowest BCUT2D eigenvalue weighted by atomic mass is 10.1. The molecule has 0 aromatic carbocycles. The first-order valence-corrected chi connectivity index (χ1v) is 6.22. The molecule has 2 aromatic rings. The second kappa shape index (κ2) is 5.37. The highest BCUT2D eigenvalue weighted by molar-refractivity contribution is 9.10. The molecule has 0 bridgehead atoms. The molecule has 0 saturated carbocycles. The zero-order chi connectivity index (χ0) is 12.3. The summed E-state index contributed by atoms with van der Waals surface area (Å²) in [4.78, 5) is 8.32. The molecule has 0 amide bonds. The van der Waals surface area contributed by atoms with Crippen molar-refractivity contribution in [1.82, 2.24) is 19.7 Å². The van der Waals surface area contributed by atoms with Gasteiger partial charge in [0.2, 0.25) is 0 Å². The second-order valence-electron chi connectivity index (χ2n) is 3.74. The molecular formula is C11H14BrN5. The van der Waals surface area contributed by atoms with Crippen LogP contribution in [0.3, 0.4) is 0 Å². The Bertz CT molecular complexity index is 496. The Morgan fingerprint density at radius 1 is 1.47 bits per heavy atom. The number of pyridine rings is 1. The molecule has 0 spiro atoms. The summed E-state index contributed by atoms with van der Waals surface area (Å²) >= 11 is 3.39. The van der Waals surface area contributed by atoms with Crippen LogP contribution >= 0.6 is 15.9 Å². The van der Waals surface area contributed by atoms with Crippen LogP contribution in [-0.4, -0.2) is 19.7 Å². The average molecular weight is 296 g/mol. The van der Waals surface area contributed by atoms with E-state index < -0.39 is 0 Å². The second-order valence-corrected chi connectivity index (χ2v) is 4.65. The number of aromatic nitrogens is 4. The number of hydrogen-bond acceptors (Lipinski definition) is 4. The van der Waals surface area contributed by atoms with Gasteiger partial charge in [0, 0.05) is 35.9 Å². The number of hydrogen-bond donors (Lipinski definition) is 1. The number of nitrogens with zero attached hydrogens (tertiary/aromatic N) is 4. The zero-order valence-electron chi connectivity index (χ0n) is 9.55. The van der Waals surface area contributed by atoms with Crippen molar-refractivity contribution in [1.29, 1.82) is 0 Å². The minimum atomic E-state index is -0.116. The van der Waals surface area contributed by atoms with Gasteiger partial charge in [0.1, 0.15) is 12.2 Å². The van der Waals surface area contributed by atoms with Gasteiger partial charge in [0.05, 0.1) is 0 Å². The summed E-state index contributed by atoms with van der Waals surface area (Å²) < 4.78 is 2.79. The molecule has 0 aliphatic carbocycles. The Kier molecular flexibility index (Phi) is 3.86. The van der Waals surface area contributed by atoms with Crippen molar-refractivity contribution in [3.05, 3.63) is 40.6 Å². The van der Waals surface area contributed by atoms with Crippen molar-refractivity contribution < 1.29 is 0 Å². The van der Waals surface area contributed by atoms with Crippen molar-refractivity contribution >= 4 is 15.9 Å². The highest BCUT2D eigenvalue weighted by Gasteiger charge is 2.12. The minimum Gasteiger partial charge on any atom is -0.324 e. The maximum atomic E-state index is 6.14. The maximum absolute atomic E-state index is 6.14. The Balaban J connectivity index is 2.14. The van der Waals surface area contributed by atoms with Crippen molar-refractivity contribution in [2.24, 2.45) is 5.73 Å². The van der Waals surface area contributed by atoms with Crippen molar-refractivity contribution in [2.75, 3.05) is 0 Å². The summed E-state index contributed by atoms with van der Waals surface area (Å²) in [6, 6.07) is 1.86. The molecule has 2 rings (SSSR count). The van der Waals surface area contributed by atoms with E-state index in [1.54, 1.807) is 18.7 Å². The summed E-state index contributed by atoms with van der Waals surface area (Å²) in [5, 5.41) is 4.12. The Hall–Kier alpha value is -1.27. The van der Waals surface area contributed by atoms with Crippen molar-refractivity contribution in [2.45, 2.75) is 25.9 Å². The summed E-state index contributed by atoms with van der Waals surface area (Å²) in [6.07, 6.45) is 5.74. The van der Waals surface area contributed by atoms with E-state index in [0.29, 0.717) is 6.42 Å². The average Bonchev–Trinajstić information content (AvgIpc) is 2.76. The van der Waals surface area contributed by atoms with Crippen LogP contribution < -0.4 is 5.73 Å². The lowest BCUT2D eigenvalue weighted by Gasteiger charge is -2.11. The maximum Gasteiger partial charge on any atom is 0.138 e. The molecule has 5 nitrogen and oxygen atoms in total. The Morgan fingerprint density at radius 3 is 3.00 bits per heavy atom. The molecule has 0 aliphatic heterocycles. The van der Waals surface area contributed by atoms with E-state index >= 15 is 0 Å². The van der Waals surface area contributed by atoms with E-state index in [1.807, 2.05) is 17.7 Å². The smallest absolute Gasteiger partial charge is 0.138 e. The van der Waals surface area contributed by atoms with Gasteiger partial charge in [-0.05, 0) is 34.5 Å². The molecule has 0 radical (unpaired) electrons. The van der Waals surface area contributed by atoms with E-state index in [4.69, 9.17) is 5.73 Å². The van der Waals surface area contributed by atoms with Gasteiger partial charge in [-0.15, -0.1) is 0 Å². The molecule has 0 aliphatic rings. The Morgan fingerprint density at radius 2 is 2.29 bits per heavy atom.